The van der Waals surface area contributed by atoms with Crippen LogP contribution in [0.5, 0.6) is 0 Å². The van der Waals surface area contributed by atoms with Gasteiger partial charge in [0.15, 0.2) is 0 Å². The summed E-state index contributed by atoms with van der Waals surface area (Å²) in [5, 5.41) is 33.8. The molecule has 0 unspecified atom stereocenters. The first-order chi connectivity index (χ1) is 23.1. The van der Waals surface area contributed by atoms with Crippen molar-refractivity contribution in [2.45, 2.75) is 63.9 Å². The highest BCUT2D eigenvalue weighted by molar-refractivity contribution is 5.77. The maximum atomic E-state index is 11.7. The number of carbonyl (C=O) groups excluding carboxylic acids is 3. The maximum absolute atomic E-state index is 11.7. The molecule has 0 aromatic heterocycles. The van der Waals surface area contributed by atoms with Crippen LogP contribution < -0.4 is 16.0 Å². The lowest BCUT2D eigenvalue weighted by molar-refractivity contribution is -0.138. The van der Waals surface area contributed by atoms with Gasteiger partial charge in [0.05, 0.1) is 72.7 Å². The van der Waals surface area contributed by atoms with E-state index in [0.29, 0.717) is 13.1 Å². The van der Waals surface area contributed by atoms with Gasteiger partial charge in [0.2, 0.25) is 17.7 Å². The van der Waals surface area contributed by atoms with E-state index < -0.39 is 24.0 Å². The highest BCUT2D eigenvalue weighted by atomic mass is 16.6. The van der Waals surface area contributed by atoms with Crippen LogP contribution in [0, 0.1) is 0 Å². The number of ether oxygens (including phenoxy) is 6. The zero-order chi connectivity index (χ0) is 35.7. The molecule has 0 aromatic carbocycles. The van der Waals surface area contributed by atoms with E-state index in [9.17, 15) is 28.8 Å². The number of carbonyl (C=O) groups is 6. The fourth-order valence-electron chi connectivity index (χ4n) is 3.64. The average Bonchev–Trinajstić information content (AvgIpc) is 3.02. The molecular weight excluding hydrogens is 642 g/mol. The molecule has 0 atom stereocenters. The lowest BCUT2D eigenvalue weighted by atomic mass is 10.2. The van der Waals surface area contributed by atoms with Crippen molar-refractivity contribution in [2.75, 3.05) is 92.3 Å². The zero-order valence-electron chi connectivity index (χ0n) is 27.6. The molecule has 0 spiro atoms. The van der Waals surface area contributed by atoms with Crippen LogP contribution in [0.25, 0.3) is 0 Å². The van der Waals surface area contributed by atoms with Gasteiger partial charge in [0, 0.05) is 58.2 Å². The molecule has 0 radical (unpaired) electrons. The van der Waals surface area contributed by atoms with Crippen molar-refractivity contribution < 1.29 is 72.5 Å². The van der Waals surface area contributed by atoms with Crippen molar-refractivity contribution in [3.8, 4) is 0 Å². The Labute approximate surface area is 280 Å². The van der Waals surface area contributed by atoms with Crippen molar-refractivity contribution in [2.24, 2.45) is 0 Å². The van der Waals surface area contributed by atoms with Crippen LogP contribution in [0.1, 0.15) is 57.8 Å². The van der Waals surface area contributed by atoms with Gasteiger partial charge in [-0.25, -0.2) is 0 Å². The molecule has 0 fully saturated rings. The summed E-state index contributed by atoms with van der Waals surface area (Å²) in [7, 11) is 0. The second-order valence-corrected chi connectivity index (χ2v) is 10.3. The summed E-state index contributed by atoms with van der Waals surface area (Å²) in [5.74, 6) is -3.54. The SMILES string of the molecule is O=C(O)CCCC(=O)NCCOCCOCC(COCCOCCNC(=O)CCCC(=O)O)OCCOCCNC(=O)CCCC(=O)O. The summed E-state index contributed by atoms with van der Waals surface area (Å²) in [6, 6.07) is 0. The molecule has 0 saturated heterocycles. The highest BCUT2D eigenvalue weighted by Gasteiger charge is 2.11. The fourth-order valence-corrected chi connectivity index (χ4v) is 3.64. The van der Waals surface area contributed by atoms with Crippen LogP contribution in [0.4, 0.5) is 0 Å². The summed E-state index contributed by atoms with van der Waals surface area (Å²) in [6.45, 7) is 3.62. The first-order valence-corrected chi connectivity index (χ1v) is 16.1. The van der Waals surface area contributed by atoms with Crippen LogP contribution in [-0.2, 0) is 57.2 Å². The third-order valence-electron chi connectivity index (χ3n) is 6.02. The normalized spacial score (nSPS) is 10.9. The largest absolute Gasteiger partial charge is 0.481 e. The lowest BCUT2D eigenvalue weighted by Crippen LogP contribution is -2.30. The summed E-state index contributed by atoms with van der Waals surface area (Å²) >= 11 is 0. The molecule has 18 heteroatoms. The lowest BCUT2D eigenvalue weighted by Gasteiger charge is -2.18. The van der Waals surface area contributed by atoms with Crippen molar-refractivity contribution in [1.82, 2.24) is 16.0 Å². The van der Waals surface area contributed by atoms with Gasteiger partial charge in [-0.2, -0.15) is 0 Å². The van der Waals surface area contributed by atoms with Crippen molar-refractivity contribution >= 4 is 35.6 Å². The standard InChI is InChI=1S/C30H53N3O15/c34-25(4-1-7-28(37)38)31-10-13-43-16-18-46-22-24(48-21-20-45-15-12-33-27(36)6-3-9-30(41)42)23-47-19-17-44-14-11-32-26(35)5-2-8-29(39)40/h24H,1-23H2,(H,31,34)(H,32,35)(H,33,36)(H,37,38)(H,39,40)(H,41,42). The van der Waals surface area contributed by atoms with Crippen molar-refractivity contribution in [3.63, 3.8) is 0 Å². The van der Waals surface area contributed by atoms with Crippen molar-refractivity contribution in [1.29, 1.82) is 0 Å². The number of hydrogen-bond acceptors (Lipinski definition) is 12. The van der Waals surface area contributed by atoms with Gasteiger partial charge in [0.1, 0.15) is 6.10 Å². The van der Waals surface area contributed by atoms with Crippen molar-refractivity contribution in [3.05, 3.63) is 0 Å². The van der Waals surface area contributed by atoms with E-state index in [2.05, 4.69) is 16.0 Å². The Balaban J connectivity index is 4.18. The van der Waals surface area contributed by atoms with E-state index in [1.807, 2.05) is 0 Å². The highest BCUT2D eigenvalue weighted by Crippen LogP contribution is 1.99. The zero-order valence-corrected chi connectivity index (χ0v) is 27.6. The molecular formula is C30H53N3O15. The Morgan fingerprint density at radius 2 is 0.729 bits per heavy atom. The first kappa shape index (κ1) is 44.6. The number of hydrogen-bond donors (Lipinski definition) is 6. The minimum atomic E-state index is -0.945. The number of nitrogens with one attached hydrogen (secondary N) is 3. The van der Waals surface area contributed by atoms with E-state index in [0.717, 1.165) is 0 Å². The second-order valence-electron chi connectivity index (χ2n) is 10.3. The van der Waals surface area contributed by atoms with Crippen LogP contribution in [0.15, 0.2) is 0 Å². The Morgan fingerprint density at radius 1 is 0.417 bits per heavy atom. The smallest absolute Gasteiger partial charge is 0.303 e. The molecule has 6 N–H and O–H groups in total. The summed E-state index contributed by atoms with van der Waals surface area (Å²) < 4.78 is 33.4. The van der Waals surface area contributed by atoms with Gasteiger partial charge in [-0.05, 0) is 19.3 Å². The second kappa shape index (κ2) is 32.1. The molecule has 278 valence electrons. The van der Waals surface area contributed by atoms with E-state index in [1.54, 1.807) is 0 Å². The molecule has 48 heavy (non-hydrogen) atoms. The average molecular weight is 696 g/mol. The van der Waals surface area contributed by atoms with E-state index >= 15 is 0 Å². The molecule has 0 aliphatic heterocycles. The Kier molecular flexibility index (Phi) is 29.9. The minimum Gasteiger partial charge on any atom is -0.481 e. The third kappa shape index (κ3) is 33.9. The predicted molar refractivity (Wildman–Crippen MR) is 167 cm³/mol. The molecule has 0 aliphatic carbocycles. The fraction of sp³-hybridized carbons (Fsp3) is 0.800. The van der Waals surface area contributed by atoms with E-state index in [-0.39, 0.29) is 155 Å². The number of amides is 3. The summed E-state index contributed by atoms with van der Waals surface area (Å²) in [5.41, 5.74) is 0. The van der Waals surface area contributed by atoms with Crippen LogP contribution in [0.3, 0.4) is 0 Å². The Morgan fingerprint density at radius 3 is 1.06 bits per heavy atom. The molecule has 0 heterocycles. The van der Waals surface area contributed by atoms with Gasteiger partial charge in [-0.15, -0.1) is 0 Å². The molecule has 0 aliphatic rings. The number of carboxylic acids is 3. The molecule has 18 nitrogen and oxygen atoms in total. The van der Waals surface area contributed by atoms with Gasteiger partial charge >= 0.3 is 17.9 Å². The minimum absolute atomic E-state index is 0.0584. The Bertz CT molecular complexity index is 859. The number of aliphatic carboxylic acids is 3. The Hall–Kier alpha value is -3.42. The topological polar surface area (TPSA) is 255 Å². The van der Waals surface area contributed by atoms with Crippen LogP contribution in [-0.4, -0.2) is 149 Å². The van der Waals surface area contributed by atoms with Crippen LogP contribution in [0.2, 0.25) is 0 Å². The molecule has 0 bridgehead atoms. The van der Waals surface area contributed by atoms with E-state index in [4.69, 9.17) is 43.7 Å². The molecule has 0 aromatic rings. The predicted octanol–water partition coefficient (Wildman–Crippen LogP) is -0.432. The molecule has 3 amide bonds. The van der Waals surface area contributed by atoms with Gasteiger partial charge in [-0.1, -0.05) is 0 Å². The quantitative estimate of drug-likeness (QED) is 0.0460. The van der Waals surface area contributed by atoms with Crippen LogP contribution >= 0.6 is 0 Å². The van der Waals surface area contributed by atoms with Gasteiger partial charge < -0.3 is 59.7 Å². The maximum Gasteiger partial charge on any atom is 0.303 e. The number of carboxylic acid groups (broad SMARTS) is 3. The third-order valence-corrected chi connectivity index (χ3v) is 6.02. The summed E-state index contributed by atoms with van der Waals surface area (Å²) in [4.78, 5) is 66.4. The monoisotopic (exact) mass is 695 g/mol. The van der Waals surface area contributed by atoms with E-state index in [1.165, 1.54) is 0 Å². The molecule has 0 saturated carbocycles. The number of rotatable bonds is 35. The summed E-state index contributed by atoms with van der Waals surface area (Å²) in [6.07, 6.45) is 0.611. The van der Waals surface area contributed by atoms with Gasteiger partial charge in [-0.3, -0.25) is 28.8 Å². The first-order valence-electron chi connectivity index (χ1n) is 16.1. The molecule has 0 rings (SSSR count). The van der Waals surface area contributed by atoms with Gasteiger partial charge in [0.25, 0.3) is 0 Å².